The van der Waals surface area contributed by atoms with Crippen molar-refractivity contribution in [3.05, 3.63) is 84.8 Å². The standard InChI is InChI=1S/C28H25N9O/c1-34-18-24(17-32-34)22-12-25(28-23(13-29)16-33-37(28)19-22)21-4-5-26(31-15-21)35-7-9-36(10-8-35)27(38)11-20-3-2-6-30-14-20/h2-6,12,14-19H,7-11H2,1H3. The summed E-state index contributed by atoms with van der Waals surface area (Å²) < 4.78 is 3.50. The van der Waals surface area contributed by atoms with Crippen molar-refractivity contribution >= 4 is 17.2 Å². The van der Waals surface area contributed by atoms with Crippen molar-refractivity contribution in [3.63, 3.8) is 0 Å². The van der Waals surface area contributed by atoms with Crippen LogP contribution in [0.25, 0.3) is 27.8 Å². The summed E-state index contributed by atoms with van der Waals surface area (Å²) in [5, 5.41) is 18.4. The van der Waals surface area contributed by atoms with E-state index in [1.54, 1.807) is 27.8 Å². The number of carbonyl (C=O) groups excluding carboxylic acids is 1. The van der Waals surface area contributed by atoms with Gasteiger partial charge in [-0.2, -0.15) is 15.5 Å². The van der Waals surface area contributed by atoms with Gasteiger partial charge in [0.1, 0.15) is 11.9 Å². The van der Waals surface area contributed by atoms with Crippen LogP contribution in [0.15, 0.2) is 73.7 Å². The maximum atomic E-state index is 12.7. The highest BCUT2D eigenvalue weighted by atomic mass is 16.2. The normalized spacial score (nSPS) is 13.6. The van der Waals surface area contributed by atoms with Gasteiger partial charge >= 0.3 is 0 Å². The molecule has 38 heavy (non-hydrogen) atoms. The molecule has 1 amide bonds. The second-order valence-corrected chi connectivity index (χ2v) is 9.32. The molecule has 0 aliphatic carbocycles. The van der Waals surface area contributed by atoms with Crippen LogP contribution in [0.5, 0.6) is 0 Å². The predicted molar refractivity (Wildman–Crippen MR) is 142 cm³/mol. The van der Waals surface area contributed by atoms with Crippen LogP contribution < -0.4 is 4.90 Å². The minimum absolute atomic E-state index is 0.118. The fourth-order valence-electron chi connectivity index (χ4n) is 4.86. The van der Waals surface area contributed by atoms with E-state index in [9.17, 15) is 10.1 Å². The number of nitrogens with zero attached hydrogens (tertiary/aromatic N) is 9. The van der Waals surface area contributed by atoms with Gasteiger partial charge < -0.3 is 9.80 Å². The third-order valence-corrected chi connectivity index (χ3v) is 6.86. The molecule has 1 saturated heterocycles. The van der Waals surface area contributed by atoms with Gasteiger partial charge in [0.2, 0.25) is 5.91 Å². The number of anilines is 1. The van der Waals surface area contributed by atoms with Gasteiger partial charge in [-0.15, -0.1) is 0 Å². The molecule has 0 unspecified atom stereocenters. The van der Waals surface area contributed by atoms with Crippen LogP contribution in [0.1, 0.15) is 11.1 Å². The molecular formula is C28H25N9O. The Bertz CT molecular complexity index is 1640. The Hall–Kier alpha value is -5.04. The Kier molecular flexibility index (Phi) is 6.01. The van der Waals surface area contributed by atoms with E-state index in [1.807, 2.05) is 61.0 Å². The number of amides is 1. The Balaban J connectivity index is 1.22. The van der Waals surface area contributed by atoms with Gasteiger partial charge in [0.15, 0.2) is 0 Å². The first kappa shape index (κ1) is 23.4. The summed E-state index contributed by atoms with van der Waals surface area (Å²) in [6, 6.07) is 12.1. The first-order valence-corrected chi connectivity index (χ1v) is 12.4. The molecule has 0 spiro atoms. The van der Waals surface area contributed by atoms with E-state index < -0.39 is 0 Å². The Morgan fingerprint density at radius 3 is 2.53 bits per heavy atom. The van der Waals surface area contributed by atoms with E-state index >= 15 is 0 Å². The second-order valence-electron chi connectivity index (χ2n) is 9.32. The number of hydrogen-bond acceptors (Lipinski definition) is 7. The van der Waals surface area contributed by atoms with Gasteiger partial charge in [-0.3, -0.25) is 14.5 Å². The summed E-state index contributed by atoms with van der Waals surface area (Å²) in [4.78, 5) is 25.7. The molecule has 1 fully saturated rings. The predicted octanol–water partition coefficient (Wildman–Crippen LogP) is 2.95. The topological polar surface area (TPSA) is 108 Å². The molecule has 0 saturated carbocycles. The smallest absolute Gasteiger partial charge is 0.227 e. The van der Waals surface area contributed by atoms with Gasteiger partial charge in [-0.1, -0.05) is 6.07 Å². The molecule has 188 valence electrons. The Morgan fingerprint density at radius 2 is 1.84 bits per heavy atom. The van der Waals surface area contributed by atoms with Crippen molar-refractivity contribution in [2.75, 3.05) is 31.1 Å². The van der Waals surface area contributed by atoms with Gasteiger partial charge in [-0.05, 0) is 29.8 Å². The van der Waals surface area contributed by atoms with E-state index in [-0.39, 0.29) is 5.91 Å². The van der Waals surface area contributed by atoms with E-state index in [4.69, 9.17) is 4.98 Å². The van der Waals surface area contributed by atoms with Crippen LogP contribution in [-0.2, 0) is 18.3 Å². The van der Waals surface area contributed by atoms with Crippen LogP contribution in [0, 0.1) is 11.3 Å². The monoisotopic (exact) mass is 503 g/mol. The molecule has 1 aliphatic rings. The molecule has 10 nitrogen and oxygen atoms in total. The molecule has 5 aromatic heterocycles. The van der Waals surface area contributed by atoms with Gasteiger partial charge in [0, 0.05) is 86.5 Å². The van der Waals surface area contributed by atoms with Crippen molar-refractivity contribution in [2.45, 2.75) is 6.42 Å². The minimum atomic E-state index is 0.118. The minimum Gasteiger partial charge on any atom is -0.353 e. The number of carbonyl (C=O) groups is 1. The van der Waals surface area contributed by atoms with Crippen molar-refractivity contribution in [2.24, 2.45) is 7.05 Å². The Labute approximate surface area is 219 Å². The highest BCUT2D eigenvalue weighted by Gasteiger charge is 2.22. The molecule has 0 radical (unpaired) electrons. The third-order valence-electron chi connectivity index (χ3n) is 6.86. The number of fused-ring (bicyclic) bond motifs is 1. The fourth-order valence-corrected chi connectivity index (χ4v) is 4.86. The maximum absolute atomic E-state index is 12.7. The largest absolute Gasteiger partial charge is 0.353 e. The highest BCUT2D eigenvalue weighted by molar-refractivity contribution is 5.87. The lowest BCUT2D eigenvalue weighted by Crippen LogP contribution is -2.49. The number of rotatable bonds is 5. The lowest BCUT2D eigenvalue weighted by Gasteiger charge is -2.35. The van der Waals surface area contributed by atoms with Gasteiger partial charge in [0.05, 0.1) is 29.9 Å². The zero-order chi connectivity index (χ0) is 26.1. The molecule has 1 aliphatic heterocycles. The average Bonchev–Trinajstić information content (AvgIpc) is 3.59. The summed E-state index contributed by atoms with van der Waals surface area (Å²) in [6.45, 7) is 2.73. The quantitative estimate of drug-likeness (QED) is 0.363. The molecule has 5 aromatic rings. The van der Waals surface area contributed by atoms with Crippen LogP contribution in [0.2, 0.25) is 0 Å². The van der Waals surface area contributed by atoms with Crippen molar-refractivity contribution in [1.82, 2.24) is 34.3 Å². The van der Waals surface area contributed by atoms with Crippen molar-refractivity contribution < 1.29 is 4.79 Å². The van der Waals surface area contributed by atoms with Crippen molar-refractivity contribution in [3.8, 4) is 28.3 Å². The number of aromatic nitrogens is 6. The van der Waals surface area contributed by atoms with Crippen molar-refractivity contribution in [1.29, 1.82) is 5.26 Å². The van der Waals surface area contributed by atoms with E-state index in [0.29, 0.717) is 38.2 Å². The number of pyridine rings is 3. The third kappa shape index (κ3) is 4.46. The zero-order valence-corrected chi connectivity index (χ0v) is 20.9. The SMILES string of the molecule is Cn1cc(-c2cc(-c3ccc(N4CCN(C(=O)Cc5cccnc5)CC4)nc3)c3c(C#N)cnn3c2)cn1. The number of aryl methyl sites for hydroxylation is 1. The first-order chi connectivity index (χ1) is 18.6. The maximum Gasteiger partial charge on any atom is 0.227 e. The molecular weight excluding hydrogens is 478 g/mol. The van der Waals surface area contributed by atoms with Gasteiger partial charge in [-0.25, -0.2) is 9.50 Å². The summed E-state index contributed by atoms with van der Waals surface area (Å²) in [5.41, 5.74) is 5.87. The molecule has 0 N–H and O–H groups in total. The van der Waals surface area contributed by atoms with E-state index in [0.717, 1.165) is 39.2 Å². The molecule has 0 atom stereocenters. The fraction of sp³-hybridized carbons (Fsp3) is 0.214. The molecule has 6 heterocycles. The summed E-state index contributed by atoms with van der Waals surface area (Å²) in [6.07, 6.45) is 12.9. The highest BCUT2D eigenvalue weighted by Crippen LogP contribution is 2.32. The van der Waals surface area contributed by atoms with Gasteiger partial charge in [0.25, 0.3) is 0 Å². The number of piperazine rings is 1. The number of nitriles is 1. The van der Waals surface area contributed by atoms with Crippen LogP contribution in [0.3, 0.4) is 0 Å². The van der Waals surface area contributed by atoms with E-state index in [2.05, 4.69) is 32.2 Å². The summed E-state index contributed by atoms with van der Waals surface area (Å²) >= 11 is 0. The lowest BCUT2D eigenvalue weighted by molar-refractivity contribution is -0.130. The average molecular weight is 504 g/mol. The van der Waals surface area contributed by atoms with E-state index in [1.165, 1.54) is 0 Å². The van der Waals surface area contributed by atoms with Crippen LogP contribution >= 0.6 is 0 Å². The molecule has 0 bridgehead atoms. The first-order valence-electron chi connectivity index (χ1n) is 12.4. The molecule has 0 aromatic carbocycles. The summed E-state index contributed by atoms with van der Waals surface area (Å²) in [7, 11) is 1.88. The molecule has 10 heteroatoms. The zero-order valence-electron chi connectivity index (χ0n) is 20.9. The number of hydrogen-bond donors (Lipinski definition) is 0. The lowest BCUT2D eigenvalue weighted by atomic mass is 10.0. The van der Waals surface area contributed by atoms with Crippen LogP contribution in [-0.4, -0.2) is 66.3 Å². The second kappa shape index (κ2) is 9.78. The van der Waals surface area contributed by atoms with Crippen LogP contribution in [0.4, 0.5) is 5.82 Å². The summed E-state index contributed by atoms with van der Waals surface area (Å²) in [5.74, 6) is 0.981. The molecule has 6 rings (SSSR count). The Morgan fingerprint density at radius 1 is 0.974 bits per heavy atom.